The van der Waals surface area contributed by atoms with E-state index in [0.717, 1.165) is 27.5 Å². The van der Waals surface area contributed by atoms with Gasteiger partial charge in [-0.1, -0.05) is 60.3 Å². The number of carbonyl (C=O) groups excluding carboxylic acids is 2. The predicted octanol–water partition coefficient (Wildman–Crippen LogP) is 5.70. The van der Waals surface area contributed by atoms with Crippen LogP contribution in [0.25, 0.3) is 0 Å². The number of aromatic nitrogens is 3. The Labute approximate surface area is 278 Å². The third-order valence-electron chi connectivity index (χ3n) is 7.52. The Morgan fingerprint density at radius 3 is 2.47 bits per heavy atom. The molecule has 1 atom stereocenters. The molecule has 2 aromatic heterocycles. The van der Waals surface area contributed by atoms with E-state index in [1.807, 2.05) is 76.7 Å². The molecule has 238 valence electrons. The number of nitro benzene ring substituents is 1. The Kier molecular flexibility index (Phi) is 9.69. The number of hydrogen-bond donors (Lipinski definition) is 1. The van der Waals surface area contributed by atoms with Crippen molar-refractivity contribution in [2.24, 2.45) is 5.10 Å². The molecule has 1 aliphatic rings. The lowest BCUT2D eigenvalue weighted by Gasteiger charge is -2.22. The first-order chi connectivity index (χ1) is 22.9. The van der Waals surface area contributed by atoms with Crippen LogP contribution in [0.3, 0.4) is 0 Å². The largest absolute Gasteiger partial charge is 0.497 e. The number of hydrazone groups is 1. The highest BCUT2D eigenvalue weighted by Gasteiger charge is 2.33. The van der Waals surface area contributed by atoms with E-state index in [1.165, 1.54) is 36.0 Å². The third kappa shape index (κ3) is 7.39. The number of methoxy groups -OCH3 is 1. The molecule has 1 aliphatic heterocycles. The molecule has 3 heterocycles. The zero-order valence-corrected chi connectivity index (χ0v) is 26.8. The Hall–Kier alpha value is -5.34. The summed E-state index contributed by atoms with van der Waals surface area (Å²) in [6.07, 6.45) is 0.589. The van der Waals surface area contributed by atoms with Crippen molar-refractivity contribution in [3.63, 3.8) is 0 Å². The SMILES string of the molecule is COc1ccc(C2CC(c3cccs3)=NN2C(=O)CSc2nnc(CNC(=O)c3ccc([N+](=O)[O-])cc3)n2Cc2ccccc2)cc1. The number of carbonyl (C=O) groups is 2. The number of ether oxygens (including phenoxy) is 1. The maximum atomic E-state index is 13.8. The van der Waals surface area contributed by atoms with Gasteiger partial charge >= 0.3 is 0 Å². The summed E-state index contributed by atoms with van der Waals surface area (Å²) in [7, 11) is 1.62. The van der Waals surface area contributed by atoms with Crippen LogP contribution < -0.4 is 10.1 Å². The molecule has 0 fully saturated rings. The quantitative estimate of drug-likeness (QED) is 0.101. The molecule has 1 unspecified atom stereocenters. The van der Waals surface area contributed by atoms with Crippen LogP contribution in [0.2, 0.25) is 0 Å². The lowest BCUT2D eigenvalue weighted by molar-refractivity contribution is -0.384. The van der Waals surface area contributed by atoms with Crippen molar-refractivity contribution in [3.8, 4) is 5.75 Å². The summed E-state index contributed by atoms with van der Waals surface area (Å²) < 4.78 is 7.19. The Morgan fingerprint density at radius 2 is 1.79 bits per heavy atom. The maximum absolute atomic E-state index is 13.8. The fraction of sp³-hybridized carbons (Fsp3) is 0.182. The summed E-state index contributed by atoms with van der Waals surface area (Å²) in [5.41, 5.74) is 2.99. The molecule has 0 aliphatic carbocycles. The highest BCUT2D eigenvalue weighted by molar-refractivity contribution is 7.99. The summed E-state index contributed by atoms with van der Waals surface area (Å²) in [6, 6.07) is 26.5. The molecule has 0 spiro atoms. The molecule has 14 heteroatoms. The van der Waals surface area contributed by atoms with Crippen LogP contribution in [0.4, 0.5) is 5.69 Å². The summed E-state index contributed by atoms with van der Waals surface area (Å²) in [6.45, 7) is 0.482. The van der Waals surface area contributed by atoms with Crippen molar-refractivity contribution in [1.29, 1.82) is 0 Å². The Morgan fingerprint density at radius 1 is 1.02 bits per heavy atom. The molecular weight excluding hydrogens is 639 g/mol. The second kappa shape index (κ2) is 14.4. The van der Waals surface area contributed by atoms with E-state index in [4.69, 9.17) is 9.84 Å². The summed E-state index contributed by atoms with van der Waals surface area (Å²) >= 11 is 2.84. The van der Waals surface area contributed by atoms with Gasteiger partial charge in [0.2, 0.25) is 0 Å². The van der Waals surface area contributed by atoms with E-state index < -0.39 is 10.8 Å². The molecule has 12 nitrogen and oxygen atoms in total. The van der Waals surface area contributed by atoms with E-state index >= 15 is 0 Å². The van der Waals surface area contributed by atoms with Gasteiger partial charge in [-0.05, 0) is 46.8 Å². The van der Waals surface area contributed by atoms with Crippen molar-refractivity contribution < 1.29 is 19.2 Å². The van der Waals surface area contributed by atoms with Gasteiger partial charge in [0.25, 0.3) is 17.5 Å². The number of nitrogens with zero attached hydrogens (tertiary/aromatic N) is 6. The zero-order valence-electron chi connectivity index (χ0n) is 25.2. The van der Waals surface area contributed by atoms with Crippen molar-refractivity contribution in [3.05, 3.63) is 134 Å². The predicted molar refractivity (Wildman–Crippen MR) is 179 cm³/mol. The Bertz CT molecular complexity index is 1890. The smallest absolute Gasteiger partial charge is 0.269 e. The molecule has 0 saturated carbocycles. The van der Waals surface area contributed by atoms with Crippen LogP contribution >= 0.6 is 23.1 Å². The zero-order chi connectivity index (χ0) is 32.8. The number of nitrogens with one attached hydrogen (secondary N) is 1. The number of rotatable bonds is 12. The maximum Gasteiger partial charge on any atom is 0.269 e. The van der Waals surface area contributed by atoms with Gasteiger partial charge in [0.1, 0.15) is 5.75 Å². The monoisotopic (exact) mass is 667 g/mol. The standard InChI is InChI=1S/C33H29N7O5S2/c1-45-26-15-11-23(12-16-26)28-18-27(29-8-5-17-46-29)37-39(28)31(41)21-47-33-36-35-30(38(33)20-22-6-3-2-4-7-22)19-34-32(42)24-9-13-25(14-10-24)40(43)44/h2-17,28H,18-21H2,1H3,(H,34,42). The van der Waals surface area contributed by atoms with Gasteiger partial charge in [-0.2, -0.15) is 5.10 Å². The van der Waals surface area contributed by atoms with Gasteiger partial charge in [0, 0.05) is 24.1 Å². The minimum atomic E-state index is -0.518. The van der Waals surface area contributed by atoms with E-state index in [-0.39, 0.29) is 35.5 Å². The van der Waals surface area contributed by atoms with E-state index in [2.05, 4.69) is 15.5 Å². The fourth-order valence-corrected chi connectivity index (χ4v) is 6.62. The number of benzene rings is 3. The number of non-ortho nitro benzene ring substituents is 1. The second-order valence-corrected chi connectivity index (χ2v) is 12.4. The first-order valence-electron chi connectivity index (χ1n) is 14.6. The first kappa shape index (κ1) is 31.6. The molecule has 3 aromatic carbocycles. The van der Waals surface area contributed by atoms with Crippen molar-refractivity contribution in [1.82, 2.24) is 25.1 Å². The van der Waals surface area contributed by atoms with Crippen LogP contribution in [0.1, 0.15) is 44.6 Å². The van der Waals surface area contributed by atoms with Crippen molar-refractivity contribution >= 4 is 46.3 Å². The lowest BCUT2D eigenvalue weighted by atomic mass is 10.0. The Balaban J connectivity index is 1.20. The van der Waals surface area contributed by atoms with Crippen LogP contribution in [0, 0.1) is 10.1 Å². The molecule has 1 N–H and O–H groups in total. The van der Waals surface area contributed by atoms with E-state index in [0.29, 0.717) is 23.9 Å². The van der Waals surface area contributed by atoms with E-state index in [9.17, 15) is 19.7 Å². The topological polar surface area (TPSA) is 145 Å². The number of thioether (sulfide) groups is 1. The number of thiophene rings is 1. The van der Waals surface area contributed by atoms with Crippen LogP contribution in [-0.2, 0) is 17.9 Å². The van der Waals surface area contributed by atoms with Gasteiger partial charge in [-0.3, -0.25) is 19.7 Å². The van der Waals surface area contributed by atoms with Gasteiger partial charge in [-0.15, -0.1) is 21.5 Å². The second-order valence-electron chi connectivity index (χ2n) is 10.5. The van der Waals surface area contributed by atoms with Crippen molar-refractivity contribution in [2.45, 2.75) is 30.7 Å². The molecule has 0 radical (unpaired) electrons. The molecule has 5 aromatic rings. The normalized spacial score (nSPS) is 14.1. The molecule has 47 heavy (non-hydrogen) atoms. The minimum absolute atomic E-state index is 0.0598. The highest BCUT2D eigenvalue weighted by atomic mass is 32.2. The van der Waals surface area contributed by atoms with Crippen LogP contribution in [0.5, 0.6) is 5.75 Å². The van der Waals surface area contributed by atoms with E-state index in [1.54, 1.807) is 23.5 Å². The van der Waals surface area contributed by atoms with Crippen LogP contribution in [0.15, 0.2) is 107 Å². The average Bonchev–Trinajstić information content (AvgIpc) is 3.88. The number of nitro groups is 1. The van der Waals surface area contributed by atoms with Crippen LogP contribution in [-0.4, -0.2) is 55.1 Å². The number of amides is 2. The van der Waals surface area contributed by atoms with Gasteiger partial charge in [-0.25, -0.2) is 5.01 Å². The summed E-state index contributed by atoms with van der Waals surface area (Å²) in [4.78, 5) is 38.1. The fourth-order valence-electron chi connectivity index (χ4n) is 5.09. The molecule has 2 amide bonds. The third-order valence-corrected chi connectivity index (χ3v) is 9.39. The van der Waals surface area contributed by atoms with Crippen molar-refractivity contribution in [2.75, 3.05) is 12.9 Å². The molecule has 6 rings (SSSR count). The summed E-state index contributed by atoms with van der Waals surface area (Å²) in [5.74, 6) is 0.711. The molecular formula is C33H29N7O5S2. The molecule has 0 bridgehead atoms. The minimum Gasteiger partial charge on any atom is -0.497 e. The first-order valence-corrected chi connectivity index (χ1v) is 16.4. The highest BCUT2D eigenvalue weighted by Crippen LogP contribution is 2.35. The molecule has 0 saturated heterocycles. The van der Waals surface area contributed by atoms with Gasteiger partial charge in [0.15, 0.2) is 11.0 Å². The van der Waals surface area contributed by atoms with Gasteiger partial charge < -0.3 is 14.6 Å². The average molecular weight is 668 g/mol. The number of hydrogen-bond acceptors (Lipinski definition) is 10. The van der Waals surface area contributed by atoms with Gasteiger partial charge in [0.05, 0.1) is 47.5 Å². The lowest BCUT2D eigenvalue weighted by Crippen LogP contribution is -2.28. The summed E-state index contributed by atoms with van der Waals surface area (Å²) in [5, 5.41) is 31.3.